The van der Waals surface area contributed by atoms with E-state index in [0.717, 1.165) is 16.9 Å². The van der Waals surface area contributed by atoms with Crippen LogP contribution in [0.25, 0.3) is 5.52 Å². The van der Waals surface area contributed by atoms with Crippen LogP contribution >= 0.6 is 11.6 Å². The molecule has 0 amide bonds. The molecule has 0 aromatic carbocycles. The number of aromatic nitrogens is 2. The Morgan fingerprint density at radius 2 is 2.12 bits per heavy atom. The maximum absolute atomic E-state index is 6.18. The van der Waals surface area contributed by atoms with Gasteiger partial charge in [0.1, 0.15) is 5.82 Å². The SMILES string of the molecule is CC(C)(C)c1nc(Cl)c2c(CN)cccn12. The van der Waals surface area contributed by atoms with E-state index in [0.29, 0.717) is 11.7 Å². The van der Waals surface area contributed by atoms with E-state index in [4.69, 9.17) is 17.3 Å². The number of fused-ring (bicyclic) bond motifs is 1. The fourth-order valence-electron chi connectivity index (χ4n) is 1.86. The van der Waals surface area contributed by atoms with Gasteiger partial charge in [0.25, 0.3) is 0 Å². The van der Waals surface area contributed by atoms with Crippen LogP contribution < -0.4 is 5.73 Å². The molecule has 0 spiro atoms. The summed E-state index contributed by atoms with van der Waals surface area (Å²) < 4.78 is 2.03. The van der Waals surface area contributed by atoms with E-state index in [-0.39, 0.29) is 5.41 Å². The molecule has 2 aromatic heterocycles. The van der Waals surface area contributed by atoms with Crippen molar-refractivity contribution in [2.45, 2.75) is 32.7 Å². The van der Waals surface area contributed by atoms with Crippen LogP contribution in [0.3, 0.4) is 0 Å². The van der Waals surface area contributed by atoms with Gasteiger partial charge < -0.3 is 10.1 Å². The predicted molar refractivity (Wildman–Crippen MR) is 66.8 cm³/mol. The van der Waals surface area contributed by atoms with Crippen LogP contribution in [0, 0.1) is 0 Å². The van der Waals surface area contributed by atoms with E-state index in [2.05, 4.69) is 25.8 Å². The van der Waals surface area contributed by atoms with Gasteiger partial charge in [0.2, 0.25) is 0 Å². The third-order valence-corrected chi connectivity index (χ3v) is 2.86. The standard InChI is InChI=1S/C12H16ClN3/c1-12(2,3)11-15-10(13)9-8(7-14)5-4-6-16(9)11/h4-6H,7,14H2,1-3H3. The molecule has 0 aliphatic carbocycles. The summed E-state index contributed by atoms with van der Waals surface area (Å²) in [5, 5.41) is 0.533. The Labute approximate surface area is 100 Å². The molecule has 0 radical (unpaired) electrons. The van der Waals surface area contributed by atoms with E-state index < -0.39 is 0 Å². The molecule has 0 saturated heterocycles. The zero-order chi connectivity index (χ0) is 11.9. The molecule has 2 N–H and O–H groups in total. The first kappa shape index (κ1) is 11.4. The second-order valence-electron chi connectivity index (χ2n) is 4.93. The summed E-state index contributed by atoms with van der Waals surface area (Å²) in [6.07, 6.45) is 1.98. The van der Waals surface area contributed by atoms with Crippen LogP contribution in [-0.2, 0) is 12.0 Å². The largest absolute Gasteiger partial charge is 0.326 e. The molecule has 86 valence electrons. The topological polar surface area (TPSA) is 43.3 Å². The van der Waals surface area contributed by atoms with Crippen LogP contribution in [0.2, 0.25) is 5.15 Å². The Balaban J connectivity index is 2.82. The van der Waals surface area contributed by atoms with Gasteiger partial charge in [-0.15, -0.1) is 0 Å². The van der Waals surface area contributed by atoms with E-state index >= 15 is 0 Å². The van der Waals surface area contributed by atoms with E-state index in [1.807, 2.05) is 22.7 Å². The van der Waals surface area contributed by atoms with Crippen molar-refractivity contribution in [3.63, 3.8) is 0 Å². The molecule has 0 fully saturated rings. The number of halogens is 1. The first-order chi connectivity index (χ1) is 7.45. The van der Waals surface area contributed by atoms with Gasteiger partial charge >= 0.3 is 0 Å². The molecular weight excluding hydrogens is 222 g/mol. The van der Waals surface area contributed by atoms with E-state index in [1.165, 1.54) is 0 Å². The van der Waals surface area contributed by atoms with Crippen LogP contribution in [0.1, 0.15) is 32.2 Å². The normalized spacial score (nSPS) is 12.3. The molecule has 0 saturated carbocycles. The Morgan fingerprint density at radius 1 is 1.44 bits per heavy atom. The summed E-state index contributed by atoms with van der Waals surface area (Å²) in [6.45, 7) is 6.83. The van der Waals surface area contributed by atoms with Crippen molar-refractivity contribution in [1.29, 1.82) is 0 Å². The zero-order valence-electron chi connectivity index (χ0n) is 9.79. The van der Waals surface area contributed by atoms with E-state index in [9.17, 15) is 0 Å². The molecule has 0 atom stereocenters. The lowest BCUT2D eigenvalue weighted by Crippen LogP contribution is -2.16. The monoisotopic (exact) mass is 237 g/mol. The second-order valence-corrected chi connectivity index (χ2v) is 5.29. The molecule has 16 heavy (non-hydrogen) atoms. The highest BCUT2D eigenvalue weighted by atomic mass is 35.5. The predicted octanol–water partition coefficient (Wildman–Crippen LogP) is 2.74. The third-order valence-electron chi connectivity index (χ3n) is 2.60. The van der Waals surface area contributed by atoms with Crippen molar-refractivity contribution in [1.82, 2.24) is 9.38 Å². The van der Waals surface area contributed by atoms with Crippen LogP contribution in [0.4, 0.5) is 0 Å². The van der Waals surface area contributed by atoms with Crippen molar-refractivity contribution < 1.29 is 0 Å². The van der Waals surface area contributed by atoms with Gasteiger partial charge in [-0.3, -0.25) is 0 Å². The van der Waals surface area contributed by atoms with Crippen molar-refractivity contribution in [3.05, 3.63) is 34.9 Å². The van der Waals surface area contributed by atoms with Gasteiger partial charge in [-0.05, 0) is 11.6 Å². The summed E-state index contributed by atoms with van der Waals surface area (Å²) in [7, 11) is 0. The van der Waals surface area contributed by atoms with Crippen LogP contribution in [0.15, 0.2) is 18.3 Å². The summed E-state index contributed by atoms with van der Waals surface area (Å²) in [5.41, 5.74) is 7.62. The highest BCUT2D eigenvalue weighted by Crippen LogP contribution is 2.28. The minimum Gasteiger partial charge on any atom is -0.326 e. The van der Waals surface area contributed by atoms with Gasteiger partial charge in [-0.1, -0.05) is 38.4 Å². The molecule has 2 rings (SSSR count). The van der Waals surface area contributed by atoms with Crippen LogP contribution in [0.5, 0.6) is 0 Å². The van der Waals surface area contributed by atoms with Gasteiger partial charge in [-0.25, -0.2) is 4.98 Å². The molecule has 0 unspecified atom stereocenters. The van der Waals surface area contributed by atoms with E-state index in [1.54, 1.807) is 0 Å². The summed E-state index contributed by atoms with van der Waals surface area (Å²) in [5.74, 6) is 0.961. The summed E-state index contributed by atoms with van der Waals surface area (Å²) in [6, 6.07) is 3.96. The van der Waals surface area contributed by atoms with Crippen LogP contribution in [-0.4, -0.2) is 9.38 Å². The van der Waals surface area contributed by atoms with Gasteiger partial charge in [-0.2, -0.15) is 0 Å². The molecule has 4 heteroatoms. The molecule has 0 aliphatic rings. The number of nitrogens with zero attached hydrogens (tertiary/aromatic N) is 2. The lowest BCUT2D eigenvalue weighted by molar-refractivity contribution is 0.543. The summed E-state index contributed by atoms with van der Waals surface area (Å²) in [4.78, 5) is 4.44. The number of nitrogens with two attached hydrogens (primary N) is 1. The fourth-order valence-corrected chi connectivity index (χ4v) is 2.15. The highest BCUT2D eigenvalue weighted by molar-refractivity contribution is 6.32. The Kier molecular flexibility index (Phi) is 2.68. The average molecular weight is 238 g/mol. The van der Waals surface area contributed by atoms with Gasteiger partial charge in [0.05, 0.1) is 5.52 Å². The second kappa shape index (κ2) is 3.75. The van der Waals surface area contributed by atoms with Crippen molar-refractivity contribution in [2.24, 2.45) is 5.73 Å². The maximum Gasteiger partial charge on any atom is 0.155 e. The highest BCUT2D eigenvalue weighted by Gasteiger charge is 2.22. The van der Waals surface area contributed by atoms with Gasteiger partial charge in [0.15, 0.2) is 5.15 Å². The first-order valence-electron chi connectivity index (χ1n) is 5.31. The van der Waals surface area contributed by atoms with Crippen molar-refractivity contribution in [2.75, 3.05) is 0 Å². The molecule has 2 heterocycles. The zero-order valence-corrected chi connectivity index (χ0v) is 10.5. The lowest BCUT2D eigenvalue weighted by atomic mass is 9.96. The number of imidazole rings is 1. The first-order valence-corrected chi connectivity index (χ1v) is 5.69. The molecule has 0 aliphatic heterocycles. The average Bonchev–Trinajstić information content (AvgIpc) is 2.56. The summed E-state index contributed by atoms with van der Waals surface area (Å²) >= 11 is 6.18. The molecule has 3 nitrogen and oxygen atoms in total. The maximum atomic E-state index is 6.18. The number of hydrogen-bond acceptors (Lipinski definition) is 2. The minimum absolute atomic E-state index is 0.0384. The third kappa shape index (κ3) is 1.70. The number of pyridine rings is 1. The Bertz CT molecular complexity index is 523. The Morgan fingerprint density at radius 3 is 2.69 bits per heavy atom. The smallest absolute Gasteiger partial charge is 0.155 e. The fraction of sp³-hybridized carbons (Fsp3) is 0.417. The van der Waals surface area contributed by atoms with Gasteiger partial charge in [0, 0.05) is 18.2 Å². The van der Waals surface area contributed by atoms with Crippen molar-refractivity contribution >= 4 is 17.1 Å². The molecular formula is C12H16ClN3. The Hall–Kier alpha value is -1.06. The number of rotatable bonds is 1. The van der Waals surface area contributed by atoms with Crippen molar-refractivity contribution in [3.8, 4) is 0 Å². The quantitative estimate of drug-likeness (QED) is 0.829. The number of hydrogen-bond donors (Lipinski definition) is 1. The minimum atomic E-state index is -0.0384. The molecule has 0 bridgehead atoms. The molecule has 2 aromatic rings. The lowest BCUT2D eigenvalue weighted by Gasteiger charge is -2.16.